The van der Waals surface area contributed by atoms with Crippen LogP contribution in [-0.2, 0) is 4.79 Å². The molecule has 0 aliphatic carbocycles. The Kier molecular flexibility index (Phi) is 4.43. The first-order chi connectivity index (χ1) is 7.63. The largest absolute Gasteiger partial charge is 0.480 e. The molecule has 0 fully saturated rings. The average molecular weight is 236 g/mol. The molecule has 0 spiro atoms. The molecular weight excluding hydrogens is 226 g/mol. The zero-order valence-corrected chi connectivity index (χ0v) is 9.20. The number of nitrogens with two attached hydrogens (primary N) is 1. The monoisotopic (exact) mass is 235 g/mol. The van der Waals surface area contributed by atoms with Crippen molar-refractivity contribution in [2.75, 3.05) is 6.61 Å². The summed E-state index contributed by atoms with van der Waals surface area (Å²) in [6.07, 6.45) is 7.84. The Hall–Kier alpha value is -1.92. The number of primary amides is 1. The van der Waals surface area contributed by atoms with Gasteiger partial charge in [0.25, 0.3) is 0 Å². The smallest absolute Gasteiger partial charge is 0.241 e. The molecular formula is C12H10ClNO2. The number of benzene rings is 1. The maximum absolute atomic E-state index is 10.6. The van der Waals surface area contributed by atoms with E-state index in [1.54, 1.807) is 18.2 Å². The molecule has 0 unspecified atom stereocenters. The van der Waals surface area contributed by atoms with E-state index in [0.29, 0.717) is 16.3 Å². The lowest BCUT2D eigenvalue weighted by atomic mass is 10.2. The molecule has 4 heteroatoms. The van der Waals surface area contributed by atoms with Crippen molar-refractivity contribution in [1.29, 1.82) is 0 Å². The normalized spacial score (nSPS) is 10.0. The number of carbonyl (C=O) groups is 1. The fourth-order valence-corrected chi connectivity index (χ4v) is 1.25. The molecule has 0 aliphatic heterocycles. The third kappa shape index (κ3) is 3.68. The minimum absolute atomic E-state index is 0.152. The molecule has 0 saturated heterocycles. The molecule has 0 aromatic heterocycles. The zero-order valence-electron chi connectivity index (χ0n) is 8.44. The summed E-state index contributed by atoms with van der Waals surface area (Å²) in [7, 11) is 0. The number of hydrogen-bond donors (Lipinski definition) is 1. The fourth-order valence-electron chi connectivity index (χ4n) is 1.07. The summed E-state index contributed by atoms with van der Waals surface area (Å²) in [6, 6.07) is 5.02. The first kappa shape index (κ1) is 12.2. The van der Waals surface area contributed by atoms with Crippen molar-refractivity contribution < 1.29 is 9.53 Å². The van der Waals surface area contributed by atoms with Crippen molar-refractivity contribution in [3.8, 4) is 18.1 Å². The van der Waals surface area contributed by atoms with E-state index >= 15 is 0 Å². The highest BCUT2D eigenvalue weighted by molar-refractivity contribution is 6.30. The van der Waals surface area contributed by atoms with Crippen LogP contribution in [0.4, 0.5) is 0 Å². The summed E-state index contributed by atoms with van der Waals surface area (Å²) in [4.78, 5) is 10.6. The van der Waals surface area contributed by atoms with Gasteiger partial charge in [0.15, 0.2) is 0 Å². The van der Waals surface area contributed by atoms with E-state index in [1.807, 2.05) is 0 Å². The van der Waals surface area contributed by atoms with Crippen molar-refractivity contribution in [3.63, 3.8) is 0 Å². The highest BCUT2D eigenvalue weighted by Crippen LogP contribution is 2.24. The van der Waals surface area contributed by atoms with Gasteiger partial charge in [-0.15, -0.1) is 6.42 Å². The Bertz CT molecular complexity index is 461. The summed E-state index contributed by atoms with van der Waals surface area (Å²) >= 11 is 5.82. The predicted molar refractivity (Wildman–Crippen MR) is 64.0 cm³/mol. The van der Waals surface area contributed by atoms with Gasteiger partial charge in [0.2, 0.25) is 5.91 Å². The molecule has 0 heterocycles. The van der Waals surface area contributed by atoms with E-state index in [4.69, 9.17) is 28.5 Å². The number of ether oxygens (including phenoxy) is 1. The van der Waals surface area contributed by atoms with Crippen molar-refractivity contribution in [3.05, 3.63) is 34.9 Å². The van der Waals surface area contributed by atoms with Crippen LogP contribution in [0.1, 0.15) is 5.56 Å². The van der Waals surface area contributed by atoms with E-state index < -0.39 is 5.91 Å². The third-order valence-electron chi connectivity index (χ3n) is 1.71. The van der Waals surface area contributed by atoms with Crippen molar-refractivity contribution in [2.45, 2.75) is 0 Å². The number of halogens is 1. The Labute approximate surface area is 98.8 Å². The second kappa shape index (κ2) is 5.84. The first-order valence-electron chi connectivity index (χ1n) is 4.47. The number of hydrogen-bond acceptors (Lipinski definition) is 2. The lowest BCUT2D eigenvalue weighted by Gasteiger charge is -2.06. The summed E-state index contributed by atoms with van der Waals surface area (Å²) in [5.41, 5.74) is 5.65. The van der Waals surface area contributed by atoms with E-state index in [1.165, 1.54) is 12.2 Å². The molecule has 3 nitrogen and oxygen atoms in total. The summed E-state index contributed by atoms with van der Waals surface area (Å²) in [6.45, 7) is 0.152. The van der Waals surface area contributed by atoms with Crippen LogP contribution in [0.5, 0.6) is 5.75 Å². The van der Waals surface area contributed by atoms with Crippen LogP contribution in [0.2, 0.25) is 5.02 Å². The van der Waals surface area contributed by atoms with Crippen LogP contribution < -0.4 is 10.5 Å². The van der Waals surface area contributed by atoms with Crippen molar-refractivity contribution >= 4 is 23.6 Å². The molecule has 0 radical (unpaired) electrons. The minimum Gasteiger partial charge on any atom is -0.480 e. The molecule has 1 aromatic carbocycles. The lowest BCUT2D eigenvalue weighted by molar-refractivity contribution is -0.113. The van der Waals surface area contributed by atoms with Gasteiger partial charge < -0.3 is 10.5 Å². The van der Waals surface area contributed by atoms with E-state index in [9.17, 15) is 4.79 Å². The van der Waals surface area contributed by atoms with Gasteiger partial charge in [-0.05, 0) is 24.3 Å². The number of rotatable bonds is 4. The van der Waals surface area contributed by atoms with Gasteiger partial charge in [-0.25, -0.2) is 0 Å². The Morgan fingerprint density at radius 2 is 2.38 bits per heavy atom. The Morgan fingerprint density at radius 1 is 1.62 bits per heavy atom. The molecule has 0 aliphatic rings. The highest BCUT2D eigenvalue weighted by atomic mass is 35.5. The van der Waals surface area contributed by atoms with Gasteiger partial charge in [-0.1, -0.05) is 17.5 Å². The summed E-state index contributed by atoms with van der Waals surface area (Å²) < 4.78 is 5.28. The summed E-state index contributed by atoms with van der Waals surface area (Å²) in [5, 5.41) is 0.539. The number of terminal acetylenes is 1. The standard InChI is InChI=1S/C12H10ClNO2/c1-2-7-16-11-5-4-10(13)8-9(11)3-6-12(14)15/h1,3-6,8H,7H2,(H2,14,15)/b6-3-. The van der Waals surface area contributed by atoms with Gasteiger partial charge in [-0.3, -0.25) is 4.79 Å². The lowest BCUT2D eigenvalue weighted by Crippen LogP contribution is -2.05. The highest BCUT2D eigenvalue weighted by Gasteiger charge is 2.01. The van der Waals surface area contributed by atoms with Crippen LogP contribution in [-0.4, -0.2) is 12.5 Å². The Balaban J connectivity index is 2.99. The Morgan fingerprint density at radius 3 is 3.00 bits per heavy atom. The van der Waals surface area contributed by atoms with Crippen LogP contribution in [0.3, 0.4) is 0 Å². The molecule has 16 heavy (non-hydrogen) atoms. The first-order valence-corrected chi connectivity index (χ1v) is 4.84. The molecule has 2 N–H and O–H groups in total. The van der Waals surface area contributed by atoms with Gasteiger partial charge >= 0.3 is 0 Å². The quantitative estimate of drug-likeness (QED) is 0.640. The second-order valence-electron chi connectivity index (χ2n) is 2.91. The number of carbonyl (C=O) groups excluding carboxylic acids is 1. The van der Waals surface area contributed by atoms with Crippen LogP contribution in [0.15, 0.2) is 24.3 Å². The topological polar surface area (TPSA) is 52.3 Å². The maximum atomic E-state index is 10.6. The summed E-state index contributed by atoms with van der Waals surface area (Å²) in [5.74, 6) is 2.37. The van der Waals surface area contributed by atoms with Crippen LogP contribution in [0, 0.1) is 12.3 Å². The maximum Gasteiger partial charge on any atom is 0.241 e. The fraction of sp³-hybridized carbons (Fsp3) is 0.0833. The molecule has 0 atom stereocenters. The molecule has 0 saturated carbocycles. The zero-order chi connectivity index (χ0) is 12.0. The van der Waals surface area contributed by atoms with Crippen LogP contribution in [0.25, 0.3) is 6.08 Å². The predicted octanol–water partition coefficient (Wildman–Crippen LogP) is 1.85. The van der Waals surface area contributed by atoms with Gasteiger partial charge in [-0.2, -0.15) is 0 Å². The van der Waals surface area contributed by atoms with Gasteiger partial charge in [0, 0.05) is 16.7 Å². The molecule has 1 rings (SSSR count). The average Bonchev–Trinajstić information content (AvgIpc) is 2.25. The van der Waals surface area contributed by atoms with E-state index in [2.05, 4.69) is 5.92 Å². The van der Waals surface area contributed by atoms with Gasteiger partial charge in [0.05, 0.1) is 0 Å². The van der Waals surface area contributed by atoms with Gasteiger partial charge in [0.1, 0.15) is 12.4 Å². The third-order valence-corrected chi connectivity index (χ3v) is 1.95. The second-order valence-corrected chi connectivity index (χ2v) is 3.35. The molecule has 1 aromatic rings. The van der Waals surface area contributed by atoms with Crippen molar-refractivity contribution in [2.24, 2.45) is 5.73 Å². The minimum atomic E-state index is -0.539. The molecule has 1 amide bonds. The van der Waals surface area contributed by atoms with Crippen LogP contribution >= 0.6 is 11.6 Å². The SMILES string of the molecule is C#CCOc1ccc(Cl)cc1/C=C\C(N)=O. The van der Waals surface area contributed by atoms with Crippen molar-refractivity contribution in [1.82, 2.24) is 0 Å². The molecule has 82 valence electrons. The number of amides is 1. The van der Waals surface area contributed by atoms with E-state index in [-0.39, 0.29) is 6.61 Å². The molecule has 0 bridgehead atoms. The van der Waals surface area contributed by atoms with E-state index in [0.717, 1.165) is 0 Å².